The van der Waals surface area contributed by atoms with Crippen molar-refractivity contribution in [3.8, 4) is 0 Å². The molecule has 4 heteroatoms. The fourth-order valence-electron chi connectivity index (χ4n) is 0.407. The minimum Gasteiger partial charge on any atom is -0.344 e. The van der Waals surface area contributed by atoms with Crippen LogP contribution in [0.5, 0.6) is 0 Å². The highest BCUT2D eigenvalue weighted by molar-refractivity contribution is 7.99. The van der Waals surface area contributed by atoms with E-state index < -0.39 is 5.56 Å². The zero-order chi connectivity index (χ0) is 5.11. The lowest BCUT2D eigenvalue weighted by molar-refractivity contribution is 0.148. The molecule has 1 aliphatic heterocycles. The Morgan fingerprint density at radius 2 is 2.71 bits per heavy atom. The van der Waals surface area contributed by atoms with Gasteiger partial charge in [-0.3, -0.25) is 0 Å². The summed E-state index contributed by atoms with van der Waals surface area (Å²) in [7, 11) is 0. The van der Waals surface area contributed by atoms with Gasteiger partial charge < -0.3 is 4.74 Å². The van der Waals surface area contributed by atoms with Gasteiger partial charge in [0, 0.05) is 5.75 Å². The monoisotopic (exact) mass is 119 g/mol. The summed E-state index contributed by atoms with van der Waals surface area (Å²) >= 11 is 1.44. The first-order valence-electron chi connectivity index (χ1n) is 1.99. The molecule has 1 unspecified atom stereocenters. The van der Waals surface area contributed by atoms with E-state index >= 15 is 0 Å². The van der Waals surface area contributed by atoms with Gasteiger partial charge in [0.1, 0.15) is 0 Å². The highest BCUT2D eigenvalue weighted by Gasteiger charge is 2.14. The maximum atomic E-state index is 9.61. The van der Waals surface area contributed by atoms with Crippen molar-refractivity contribution >= 4 is 11.8 Å². The van der Waals surface area contributed by atoms with Crippen molar-refractivity contribution < 1.29 is 4.74 Å². The molecule has 0 aliphatic carbocycles. The summed E-state index contributed by atoms with van der Waals surface area (Å²) in [5.41, 5.74) is -0.417. The summed E-state index contributed by atoms with van der Waals surface area (Å²) in [4.78, 5) is 9.61. The van der Waals surface area contributed by atoms with E-state index in [0.717, 1.165) is 5.75 Å². The van der Waals surface area contributed by atoms with Crippen LogP contribution in [0.3, 0.4) is 0 Å². The van der Waals surface area contributed by atoms with Crippen LogP contribution in [0.15, 0.2) is 5.18 Å². The van der Waals surface area contributed by atoms with Crippen molar-refractivity contribution in [1.29, 1.82) is 0 Å². The zero-order valence-corrected chi connectivity index (χ0v) is 4.48. The lowest BCUT2D eigenvalue weighted by Crippen LogP contribution is -1.92. The predicted molar refractivity (Wildman–Crippen MR) is 28.0 cm³/mol. The summed E-state index contributed by atoms with van der Waals surface area (Å²) < 4.78 is 4.79. The molecule has 0 aromatic carbocycles. The average molecular weight is 119 g/mol. The third kappa shape index (κ3) is 1.14. The summed E-state index contributed by atoms with van der Waals surface area (Å²) in [6.07, 6.45) is 0. The number of nitroso groups, excluding NO2 is 1. The molecule has 7 heavy (non-hydrogen) atoms. The van der Waals surface area contributed by atoms with Gasteiger partial charge in [-0.1, -0.05) is 0 Å². The molecule has 40 valence electrons. The minimum absolute atomic E-state index is 0.417. The summed E-state index contributed by atoms with van der Waals surface area (Å²) in [6, 6.07) is 0. The first-order chi connectivity index (χ1) is 3.43. The maximum absolute atomic E-state index is 9.61. The van der Waals surface area contributed by atoms with Crippen molar-refractivity contribution in [1.82, 2.24) is 0 Å². The van der Waals surface area contributed by atoms with Crippen LogP contribution >= 0.6 is 11.8 Å². The van der Waals surface area contributed by atoms with Gasteiger partial charge in [0.05, 0.1) is 6.61 Å². The van der Waals surface area contributed by atoms with Crippen molar-refractivity contribution in [3.05, 3.63) is 4.91 Å². The molecule has 0 aromatic heterocycles. The number of hydrogen-bond acceptors (Lipinski definition) is 4. The lowest BCUT2D eigenvalue weighted by Gasteiger charge is -1.90. The normalized spacial score (nSPS) is 30.6. The maximum Gasteiger partial charge on any atom is 0.237 e. The van der Waals surface area contributed by atoms with Gasteiger partial charge in [0.15, 0.2) is 0 Å². The van der Waals surface area contributed by atoms with Gasteiger partial charge in [-0.2, -0.15) is 0 Å². The molecule has 0 bridgehead atoms. The molecule has 1 saturated heterocycles. The molecular weight excluding hydrogens is 114 g/mol. The summed E-state index contributed by atoms with van der Waals surface area (Å²) in [6.45, 7) is 0.668. The van der Waals surface area contributed by atoms with Crippen LogP contribution in [0, 0.1) is 4.91 Å². The molecule has 0 radical (unpaired) electrons. The largest absolute Gasteiger partial charge is 0.344 e. The Labute approximate surface area is 45.4 Å². The fourth-order valence-corrected chi connectivity index (χ4v) is 1.05. The molecule has 0 saturated carbocycles. The molecule has 1 aliphatic rings. The van der Waals surface area contributed by atoms with Crippen LogP contribution < -0.4 is 0 Å². The number of rotatable bonds is 1. The predicted octanol–water partition coefficient (Wildman–Crippen LogP) is 0.800. The Kier molecular flexibility index (Phi) is 1.64. The van der Waals surface area contributed by atoms with Crippen molar-refractivity contribution in [2.24, 2.45) is 5.18 Å². The molecule has 0 aromatic rings. The molecule has 1 heterocycles. The fraction of sp³-hybridized carbons (Fsp3) is 1.00. The van der Waals surface area contributed by atoms with Gasteiger partial charge in [0.2, 0.25) is 5.56 Å². The minimum atomic E-state index is -0.417. The van der Waals surface area contributed by atoms with Crippen LogP contribution in [0.4, 0.5) is 0 Å². The van der Waals surface area contributed by atoms with Crippen LogP contribution in [0.25, 0.3) is 0 Å². The Morgan fingerprint density at radius 1 is 1.86 bits per heavy atom. The standard InChI is InChI=1S/C3H5NO2S/c5-4-3-6-1-2-7-3/h3H,1-2H2. The smallest absolute Gasteiger partial charge is 0.237 e. The number of hydrogen-bond donors (Lipinski definition) is 0. The third-order valence-electron chi connectivity index (χ3n) is 0.690. The van der Waals surface area contributed by atoms with Gasteiger partial charge >= 0.3 is 0 Å². The van der Waals surface area contributed by atoms with Crippen LogP contribution in [0.2, 0.25) is 0 Å². The SMILES string of the molecule is O=NC1OCCS1. The topological polar surface area (TPSA) is 38.7 Å². The molecule has 1 atom stereocenters. The van der Waals surface area contributed by atoms with E-state index in [1.54, 1.807) is 0 Å². The second-order valence-corrected chi connectivity index (χ2v) is 2.30. The van der Waals surface area contributed by atoms with E-state index in [2.05, 4.69) is 5.18 Å². The Bertz CT molecular complexity index is 71.3. The van der Waals surface area contributed by atoms with E-state index in [4.69, 9.17) is 4.74 Å². The van der Waals surface area contributed by atoms with Gasteiger partial charge in [-0.05, 0) is 5.18 Å². The van der Waals surface area contributed by atoms with Gasteiger partial charge in [-0.25, -0.2) is 0 Å². The summed E-state index contributed by atoms with van der Waals surface area (Å²) in [5, 5.41) is 2.68. The highest BCUT2D eigenvalue weighted by Crippen LogP contribution is 2.19. The van der Waals surface area contributed by atoms with Gasteiger partial charge in [-0.15, -0.1) is 16.7 Å². The van der Waals surface area contributed by atoms with Crippen molar-refractivity contribution in [2.75, 3.05) is 12.4 Å². The van der Waals surface area contributed by atoms with E-state index in [-0.39, 0.29) is 0 Å². The van der Waals surface area contributed by atoms with Crippen molar-refractivity contribution in [3.63, 3.8) is 0 Å². The molecule has 0 amide bonds. The zero-order valence-electron chi connectivity index (χ0n) is 3.66. The van der Waals surface area contributed by atoms with Gasteiger partial charge in [0.25, 0.3) is 0 Å². The second kappa shape index (κ2) is 2.28. The highest BCUT2D eigenvalue weighted by atomic mass is 32.2. The molecule has 0 spiro atoms. The molecule has 1 rings (SSSR count). The van der Waals surface area contributed by atoms with Crippen LogP contribution in [-0.4, -0.2) is 17.9 Å². The van der Waals surface area contributed by atoms with E-state index in [1.165, 1.54) is 11.8 Å². The number of thioether (sulfide) groups is 1. The van der Waals surface area contributed by atoms with Crippen molar-refractivity contribution in [2.45, 2.75) is 5.56 Å². The van der Waals surface area contributed by atoms with E-state index in [0.29, 0.717) is 6.61 Å². The third-order valence-corrected chi connectivity index (χ3v) is 1.60. The summed E-state index contributed by atoms with van der Waals surface area (Å²) in [5.74, 6) is 0.899. The van der Waals surface area contributed by atoms with E-state index in [1.807, 2.05) is 0 Å². The first kappa shape index (κ1) is 5.05. The lowest BCUT2D eigenvalue weighted by atomic mass is 10.9. The quantitative estimate of drug-likeness (QED) is 0.479. The van der Waals surface area contributed by atoms with E-state index in [9.17, 15) is 4.91 Å². The number of nitrogens with zero attached hydrogens (tertiary/aromatic N) is 1. The molecule has 1 fully saturated rings. The molecule has 3 nitrogen and oxygen atoms in total. The Hall–Kier alpha value is -0.0900. The Balaban J connectivity index is 2.26. The Morgan fingerprint density at radius 3 is 3.00 bits per heavy atom. The average Bonchev–Trinajstić information content (AvgIpc) is 2.14. The first-order valence-corrected chi connectivity index (χ1v) is 3.04. The second-order valence-electron chi connectivity index (χ2n) is 1.15. The van der Waals surface area contributed by atoms with Crippen LogP contribution in [-0.2, 0) is 4.74 Å². The molecule has 0 N–H and O–H groups in total. The number of ether oxygens (including phenoxy) is 1. The molecular formula is C3H5NO2S. The van der Waals surface area contributed by atoms with Crippen LogP contribution in [0.1, 0.15) is 0 Å².